The predicted octanol–water partition coefficient (Wildman–Crippen LogP) is 4.40. The molecule has 0 saturated heterocycles. The number of aromatic nitrogens is 3. The molecule has 0 bridgehead atoms. The fourth-order valence-corrected chi connectivity index (χ4v) is 3.42. The van der Waals surface area contributed by atoms with Crippen molar-refractivity contribution in [3.05, 3.63) is 89.8 Å². The lowest BCUT2D eigenvalue weighted by atomic mass is 10.1. The molecule has 0 spiro atoms. The molecular formula is C24H23N5O. The van der Waals surface area contributed by atoms with Crippen molar-refractivity contribution in [3.8, 4) is 5.69 Å². The molecule has 1 atom stereocenters. The summed E-state index contributed by atoms with van der Waals surface area (Å²) in [6, 6.07) is 20.2. The van der Waals surface area contributed by atoms with Gasteiger partial charge in [0.25, 0.3) is 0 Å². The number of carbonyl (C=O) groups is 1. The lowest BCUT2D eigenvalue weighted by Gasteiger charge is -2.15. The zero-order valence-electron chi connectivity index (χ0n) is 16.9. The Morgan fingerprint density at radius 1 is 1.13 bits per heavy atom. The van der Waals surface area contributed by atoms with Crippen LogP contribution in [-0.2, 0) is 4.79 Å². The average molecular weight is 397 g/mol. The van der Waals surface area contributed by atoms with Crippen molar-refractivity contribution >= 4 is 28.7 Å². The van der Waals surface area contributed by atoms with Crippen LogP contribution >= 0.6 is 0 Å². The maximum atomic E-state index is 11.0. The molecule has 1 amide bonds. The number of aryl methyl sites for hydroxylation is 1. The second kappa shape index (κ2) is 8.21. The van der Waals surface area contributed by atoms with Crippen LogP contribution in [0.25, 0.3) is 22.7 Å². The first-order valence-electron chi connectivity index (χ1n) is 9.76. The molecule has 150 valence electrons. The van der Waals surface area contributed by atoms with E-state index in [1.165, 1.54) is 11.6 Å². The highest BCUT2D eigenvalue weighted by Gasteiger charge is 2.12. The molecule has 0 aliphatic carbocycles. The number of primary amides is 1. The van der Waals surface area contributed by atoms with Crippen LogP contribution in [-0.4, -0.2) is 20.7 Å². The van der Waals surface area contributed by atoms with Gasteiger partial charge in [-0.1, -0.05) is 42.5 Å². The minimum atomic E-state index is -0.477. The molecule has 6 heteroatoms. The lowest BCUT2D eigenvalue weighted by molar-refractivity contribution is -0.113. The van der Waals surface area contributed by atoms with E-state index in [-0.39, 0.29) is 6.04 Å². The van der Waals surface area contributed by atoms with E-state index in [0.717, 1.165) is 33.7 Å². The zero-order chi connectivity index (χ0) is 21.1. The number of hydrogen-bond acceptors (Lipinski definition) is 4. The zero-order valence-corrected chi connectivity index (χ0v) is 16.9. The third-order valence-electron chi connectivity index (χ3n) is 4.97. The van der Waals surface area contributed by atoms with Crippen molar-refractivity contribution in [1.82, 2.24) is 14.8 Å². The van der Waals surface area contributed by atoms with Crippen LogP contribution in [0, 0.1) is 6.92 Å². The van der Waals surface area contributed by atoms with Crippen LogP contribution in [0.3, 0.4) is 0 Å². The molecule has 0 saturated carbocycles. The van der Waals surface area contributed by atoms with Gasteiger partial charge in [-0.15, -0.1) is 0 Å². The second-order valence-corrected chi connectivity index (χ2v) is 7.19. The largest absolute Gasteiger partial charge is 0.366 e. The first-order chi connectivity index (χ1) is 14.5. The molecule has 4 aromatic rings. The van der Waals surface area contributed by atoms with Crippen molar-refractivity contribution in [3.63, 3.8) is 0 Å². The Kier molecular flexibility index (Phi) is 5.30. The SMILES string of the molecule is Cc1nn(-c2cccc(C=CC(N)=O)c2)c2cc(N[C@@H](C)c3ccccc3)ncc12. The van der Waals surface area contributed by atoms with Gasteiger partial charge in [0, 0.05) is 29.8 Å². The Hall–Kier alpha value is -3.93. The summed E-state index contributed by atoms with van der Waals surface area (Å²) in [5.74, 6) is 0.305. The Labute approximate surface area is 175 Å². The number of amides is 1. The first-order valence-corrected chi connectivity index (χ1v) is 9.76. The van der Waals surface area contributed by atoms with Gasteiger partial charge < -0.3 is 11.1 Å². The van der Waals surface area contributed by atoms with E-state index in [1.54, 1.807) is 6.08 Å². The molecule has 6 nitrogen and oxygen atoms in total. The molecule has 0 unspecified atom stereocenters. The second-order valence-electron chi connectivity index (χ2n) is 7.19. The Morgan fingerprint density at radius 2 is 1.93 bits per heavy atom. The van der Waals surface area contributed by atoms with Crippen LogP contribution in [0.1, 0.15) is 29.8 Å². The predicted molar refractivity (Wildman–Crippen MR) is 120 cm³/mol. The van der Waals surface area contributed by atoms with Gasteiger partial charge in [-0.25, -0.2) is 9.67 Å². The highest BCUT2D eigenvalue weighted by Crippen LogP contribution is 2.26. The number of nitrogens with two attached hydrogens (primary N) is 1. The van der Waals surface area contributed by atoms with E-state index < -0.39 is 5.91 Å². The third-order valence-corrected chi connectivity index (χ3v) is 4.97. The van der Waals surface area contributed by atoms with Crippen molar-refractivity contribution < 1.29 is 4.79 Å². The number of anilines is 1. The summed E-state index contributed by atoms with van der Waals surface area (Å²) in [6.45, 7) is 4.08. The molecule has 2 heterocycles. The van der Waals surface area contributed by atoms with Crippen LogP contribution < -0.4 is 11.1 Å². The van der Waals surface area contributed by atoms with Gasteiger partial charge in [0.2, 0.25) is 5.91 Å². The minimum Gasteiger partial charge on any atom is -0.366 e. The molecule has 0 radical (unpaired) electrons. The van der Waals surface area contributed by atoms with E-state index in [1.807, 2.05) is 66.3 Å². The molecule has 0 fully saturated rings. The number of pyridine rings is 1. The summed E-state index contributed by atoms with van der Waals surface area (Å²) in [5.41, 5.74) is 10.0. The van der Waals surface area contributed by atoms with Crippen molar-refractivity contribution in [2.45, 2.75) is 19.9 Å². The fraction of sp³-hybridized carbons (Fsp3) is 0.125. The number of rotatable bonds is 6. The van der Waals surface area contributed by atoms with Crippen LogP contribution in [0.15, 0.2) is 72.9 Å². The number of nitrogens with one attached hydrogen (secondary N) is 1. The van der Waals surface area contributed by atoms with Gasteiger partial charge in [0.05, 0.1) is 16.9 Å². The van der Waals surface area contributed by atoms with Gasteiger partial charge in [0.15, 0.2) is 0 Å². The Balaban J connectivity index is 1.70. The molecule has 30 heavy (non-hydrogen) atoms. The van der Waals surface area contributed by atoms with Gasteiger partial charge >= 0.3 is 0 Å². The van der Waals surface area contributed by atoms with Gasteiger partial charge in [0.1, 0.15) is 5.82 Å². The topological polar surface area (TPSA) is 85.8 Å². The van der Waals surface area contributed by atoms with Crippen molar-refractivity contribution in [2.75, 3.05) is 5.32 Å². The van der Waals surface area contributed by atoms with Gasteiger partial charge in [-0.2, -0.15) is 5.10 Å². The van der Waals surface area contributed by atoms with E-state index in [4.69, 9.17) is 10.8 Å². The summed E-state index contributed by atoms with van der Waals surface area (Å²) >= 11 is 0. The maximum absolute atomic E-state index is 11.0. The summed E-state index contributed by atoms with van der Waals surface area (Å²) in [4.78, 5) is 15.6. The molecule has 0 aliphatic rings. The summed E-state index contributed by atoms with van der Waals surface area (Å²) in [7, 11) is 0. The number of nitrogens with zero attached hydrogens (tertiary/aromatic N) is 3. The molecule has 4 rings (SSSR count). The molecule has 2 aromatic heterocycles. The quantitative estimate of drug-likeness (QED) is 0.472. The van der Waals surface area contributed by atoms with Crippen LogP contribution in [0.4, 0.5) is 5.82 Å². The maximum Gasteiger partial charge on any atom is 0.241 e. The summed E-state index contributed by atoms with van der Waals surface area (Å²) in [5, 5.41) is 9.17. The van der Waals surface area contributed by atoms with E-state index >= 15 is 0 Å². The molecule has 2 aromatic carbocycles. The third kappa shape index (κ3) is 4.07. The number of benzene rings is 2. The highest BCUT2D eigenvalue weighted by molar-refractivity contribution is 5.90. The van der Waals surface area contributed by atoms with E-state index in [9.17, 15) is 4.79 Å². The average Bonchev–Trinajstić information content (AvgIpc) is 3.09. The van der Waals surface area contributed by atoms with Crippen molar-refractivity contribution in [2.24, 2.45) is 5.73 Å². The fourth-order valence-electron chi connectivity index (χ4n) is 3.42. The van der Waals surface area contributed by atoms with E-state index in [0.29, 0.717) is 0 Å². The van der Waals surface area contributed by atoms with Crippen molar-refractivity contribution in [1.29, 1.82) is 0 Å². The van der Waals surface area contributed by atoms with Crippen LogP contribution in [0.2, 0.25) is 0 Å². The molecule has 0 aliphatic heterocycles. The summed E-state index contributed by atoms with van der Waals surface area (Å²) in [6.07, 6.45) is 4.90. The van der Waals surface area contributed by atoms with Gasteiger partial charge in [-0.3, -0.25) is 4.79 Å². The minimum absolute atomic E-state index is 0.121. The molecular weight excluding hydrogens is 374 g/mol. The number of fused-ring (bicyclic) bond motifs is 1. The monoisotopic (exact) mass is 397 g/mol. The van der Waals surface area contributed by atoms with E-state index in [2.05, 4.69) is 29.4 Å². The normalized spacial score (nSPS) is 12.3. The van der Waals surface area contributed by atoms with Crippen LogP contribution in [0.5, 0.6) is 0 Å². The smallest absolute Gasteiger partial charge is 0.241 e. The lowest BCUT2D eigenvalue weighted by Crippen LogP contribution is -2.08. The highest BCUT2D eigenvalue weighted by atomic mass is 16.1. The Morgan fingerprint density at radius 3 is 2.70 bits per heavy atom. The number of hydrogen-bond donors (Lipinski definition) is 2. The van der Waals surface area contributed by atoms with Gasteiger partial charge in [-0.05, 0) is 43.2 Å². The Bertz CT molecular complexity index is 1230. The first kappa shape index (κ1) is 19.4. The standard InChI is InChI=1S/C24H23N5O/c1-16(19-8-4-3-5-9-19)27-24-14-22-21(15-26-24)17(2)28-29(22)20-10-6-7-18(13-20)11-12-23(25)30/h3-16H,1-2H3,(H2,25,30)(H,26,27)/t16-/m0/s1. The summed E-state index contributed by atoms with van der Waals surface area (Å²) < 4.78 is 1.90. The molecule has 3 N–H and O–H groups in total. The number of carbonyl (C=O) groups excluding carboxylic acids is 1.